The molecule has 0 aromatic heterocycles. The summed E-state index contributed by atoms with van der Waals surface area (Å²) in [6.07, 6.45) is 2.23. The van der Waals surface area contributed by atoms with Crippen LogP contribution in [-0.4, -0.2) is 25.3 Å². The van der Waals surface area contributed by atoms with E-state index in [9.17, 15) is 8.42 Å². The third-order valence-corrected chi connectivity index (χ3v) is 4.10. The number of hydrogen-bond donors (Lipinski definition) is 1. The Hall–Kier alpha value is -0.910. The average molecular weight is 270 g/mol. The Bertz CT molecular complexity index is 469. The summed E-state index contributed by atoms with van der Waals surface area (Å²) in [4.78, 5) is 0. The quantitative estimate of drug-likeness (QED) is 0.853. The third-order valence-electron chi connectivity index (χ3n) is 3.35. The molecule has 0 radical (unpaired) electrons. The molecule has 0 saturated carbocycles. The first-order chi connectivity index (χ1) is 8.54. The van der Waals surface area contributed by atoms with E-state index in [4.69, 9.17) is 9.29 Å². The molecule has 1 aromatic rings. The normalized spacial score (nSPS) is 24.9. The minimum atomic E-state index is -3.85. The lowest BCUT2D eigenvalue weighted by Gasteiger charge is -2.29. The summed E-state index contributed by atoms with van der Waals surface area (Å²) in [6.45, 7) is 0.649. The summed E-state index contributed by atoms with van der Waals surface area (Å²) in [6, 6.07) is 9.95. The maximum atomic E-state index is 10.7. The summed E-state index contributed by atoms with van der Waals surface area (Å²) in [5, 5.41) is 0. The smallest absolute Gasteiger partial charge is 0.264 e. The molecule has 0 spiro atoms. The number of benzene rings is 1. The van der Waals surface area contributed by atoms with Gasteiger partial charge in [0.25, 0.3) is 10.1 Å². The van der Waals surface area contributed by atoms with Crippen LogP contribution in [0.1, 0.15) is 30.9 Å². The Labute approximate surface area is 108 Å². The van der Waals surface area contributed by atoms with E-state index in [2.05, 4.69) is 0 Å². The first-order valence-corrected chi connectivity index (χ1v) is 7.77. The Morgan fingerprint density at radius 3 is 2.67 bits per heavy atom. The molecule has 1 heterocycles. The van der Waals surface area contributed by atoms with Gasteiger partial charge in [0.05, 0.1) is 11.9 Å². The van der Waals surface area contributed by atoms with Crippen molar-refractivity contribution in [2.24, 2.45) is 5.92 Å². The van der Waals surface area contributed by atoms with Crippen molar-refractivity contribution in [3.8, 4) is 0 Å². The van der Waals surface area contributed by atoms with Crippen molar-refractivity contribution in [3.63, 3.8) is 0 Å². The van der Waals surface area contributed by atoms with E-state index in [1.54, 1.807) is 0 Å². The van der Waals surface area contributed by atoms with Gasteiger partial charge in [0.2, 0.25) is 0 Å². The van der Waals surface area contributed by atoms with E-state index in [-0.39, 0.29) is 11.9 Å². The Morgan fingerprint density at radius 2 is 2.00 bits per heavy atom. The lowest BCUT2D eigenvalue weighted by Crippen LogP contribution is -2.22. The van der Waals surface area contributed by atoms with E-state index in [0.717, 1.165) is 18.4 Å². The zero-order chi connectivity index (χ0) is 13.0. The van der Waals surface area contributed by atoms with Gasteiger partial charge in [-0.1, -0.05) is 30.3 Å². The maximum absolute atomic E-state index is 10.7. The van der Waals surface area contributed by atoms with E-state index in [1.165, 1.54) is 0 Å². The molecule has 1 saturated heterocycles. The molecule has 1 aliphatic heterocycles. The minimum Gasteiger partial charge on any atom is -0.374 e. The number of ether oxygens (including phenoxy) is 1. The molecule has 1 aliphatic rings. The maximum Gasteiger partial charge on any atom is 0.264 e. The van der Waals surface area contributed by atoms with Crippen LogP contribution in [0.2, 0.25) is 0 Å². The predicted octanol–water partition coefficient (Wildman–Crippen LogP) is 2.43. The van der Waals surface area contributed by atoms with Crippen LogP contribution < -0.4 is 0 Å². The molecule has 2 atom stereocenters. The Morgan fingerprint density at radius 1 is 1.28 bits per heavy atom. The lowest BCUT2D eigenvalue weighted by molar-refractivity contribution is -0.0109. The highest BCUT2D eigenvalue weighted by atomic mass is 32.2. The Balaban J connectivity index is 1.93. The number of hydrogen-bond acceptors (Lipinski definition) is 3. The van der Waals surface area contributed by atoms with E-state index < -0.39 is 10.1 Å². The monoisotopic (exact) mass is 270 g/mol. The van der Waals surface area contributed by atoms with Crippen molar-refractivity contribution in [1.82, 2.24) is 0 Å². The molecule has 4 nitrogen and oxygen atoms in total. The average Bonchev–Trinajstić information content (AvgIpc) is 2.37. The van der Waals surface area contributed by atoms with E-state index in [0.29, 0.717) is 18.9 Å². The first-order valence-electron chi connectivity index (χ1n) is 6.16. The van der Waals surface area contributed by atoms with E-state index >= 15 is 0 Å². The summed E-state index contributed by atoms with van der Waals surface area (Å²) in [7, 11) is -3.85. The minimum absolute atomic E-state index is 0.0475. The van der Waals surface area contributed by atoms with Gasteiger partial charge in [0, 0.05) is 6.61 Å². The molecule has 5 heteroatoms. The van der Waals surface area contributed by atoms with Crippen LogP contribution in [-0.2, 0) is 14.9 Å². The van der Waals surface area contributed by atoms with Gasteiger partial charge in [-0.3, -0.25) is 4.55 Å². The Kier molecular flexibility index (Phi) is 4.37. The zero-order valence-corrected chi connectivity index (χ0v) is 11.0. The van der Waals surface area contributed by atoms with Gasteiger partial charge < -0.3 is 4.74 Å². The molecule has 18 heavy (non-hydrogen) atoms. The van der Waals surface area contributed by atoms with Gasteiger partial charge in [0.15, 0.2) is 0 Å². The molecule has 0 amide bonds. The second kappa shape index (κ2) is 5.82. The number of rotatable bonds is 4. The van der Waals surface area contributed by atoms with Crippen molar-refractivity contribution >= 4 is 10.1 Å². The first kappa shape index (κ1) is 13.5. The highest BCUT2D eigenvalue weighted by Gasteiger charge is 2.24. The fourth-order valence-corrected chi connectivity index (χ4v) is 2.97. The molecule has 0 bridgehead atoms. The van der Waals surface area contributed by atoms with Crippen LogP contribution in [0.4, 0.5) is 0 Å². The van der Waals surface area contributed by atoms with Crippen LogP contribution in [0.5, 0.6) is 0 Å². The van der Waals surface area contributed by atoms with Gasteiger partial charge in [0.1, 0.15) is 0 Å². The van der Waals surface area contributed by atoms with E-state index in [1.807, 2.05) is 30.3 Å². The molecule has 1 fully saturated rings. The molecule has 2 unspecified atom stereocenters. The topological polar surface area (TPSA) is 63.6 Å². The molecular weight excluding hydrogens is 252 g/mol. The van der Waals surface area contributed by atoms with Crippen molar-refractivity contribution < 1.29 is 17.7 Å². The molecule has 0 aliphatic carbocycles. The highest BCUT2D eigenvalue weighted by molar-refractivity contribution is 7.85. The van der Waals surface area contributed by atoms with Crippen molar-refractivity contribution in [3.05, 3.63) is 35.9 Å². The third kappa shape index (κ3) is 4.08. The molecular formula is C13H18O4S. The summed E-state index contributed by atoms with van der Waals surface area (Å²) in [5.41, 5.74) is 1.13. The standard InChI is InChI=1S/C13H18O4S/c14-18(15,16)9-7-11-6-8-17-13(10-11)12-4-2-1-3-5-12/h1-5,11,13H,6-10H2,(H,14,15,16). The van der Waals surface area contributed by atoms with Crippen LogP contribution in [0.3, 0.4) is 0 Å². The zero-order valence-electron chi connectivity index (χ0n) is 10.2. The fraction of sp³-hybridized carbons (Fsp3) is 0.538. The van der Waals surface area contributed by atoms with Gasteiger partial charge in [-0.2, -0.15) is 8.42 Å². The van der Waals surface area contributed by atoms with Crippen molar-refractivity contribution in [1.29, 1.82) is 0 Å². The second-order valence-corrected chi connectivity index (χ2v) is 6.31. The van der Waals surface area contributed by atoms with Crippen LogP contribution >= 0.6 is 0 Å². The lowest BCUT2D eigenvalue weighted by atomic mass is 9.90. The van der Waals surface area contributed by atoms with Crippen LogP contribution in [0.25, 0.3) is 0 Å². The molecule has 100 valence electrons. The van der Waals surface area contributed by atoms with Crippen LogP contribution in [0, 0.1) is 5.92 Å². The second-order valence-electron chi connectivity index (χ2n) is 4.74. The largest absolute Gasteiger partial charge is 0.374 e. The molecule has 1 aromatic carbocycles. The predicted molar refractivity (Wildman–Crippen MR) is 68.9 cm³/mol. The summed E-state index contributed by atoms with van der Waals surface area (Å²) < 4.78 is 36.0. The summed E-state index contributed by atoms with van der Waals surface area (Å²) >= 11 is 0. The van der Waals surface area contributed by atoms with Gasteiger partial charge in [-0.05, 0) is 30.7 Å². The molecule has 1 N–H and O–H groups in total. The van der Waals surface area contributed by atoms with Crippen LogP contribution in [0.15, 0.2) is 30.3 Å². The summed E-state index contributed by atoms with van der Waals surface area (Å²) in [5.74, 6) is 0.144. The fourth-order valence-electron chi connectivity index (χ4n) is 2.34. The molecule has 2 rings (SSSR count). The van der Waals surface area contributed by atoms with Gasteiger partial charge in [-0.15, -0.1) is 0 Å². The van der Waals surface area contributed by atoms with Gasteiger partial charge >= 0.3 is 0 Å². The van der Waals surface area contributed by atoms with Crippen molar-refractivity contribution in [2.75, 3.05) is 12.4 Å². The van der Waals surface area contributed by atoms with Gasteiger partial charge in [-0.25, -0.2) is 0 Å². The SMILES string of the molecule is O=S(=O)(O)CCC1CCOC(c2ccccc2)C1. The highest BCUT2D eigenvalue weighted by Crippen LogP contribution is 2.33. The van der Waals surface area contributed by atoms with Crippen molar-refractivity contribution in [2.45, 2.75) is 25.4 Å².